The van der Waals surface area contributed by atoms with Crippen LogP contribution in [0.1, 0.15) is 50.5 Å². The number of hydrogen-bond acceptors (Lipinski definition) is 2. The first-order valence-electron chi connectivity index (χ1n) is 7.99. The molecule has 2 amide bonds. The monoisotopic (exact) mass is 289 g/mol. The summed E-state index contributed by atoms with van der Waals surface area (Å²) in [6, 6.07) is 7.67. The number of urea groups is 1. The Kier molecular flexibility index (Phi) is 5.62. The van der Waals surface area contributed by atoms with Crippen LogP contribution in [-0.4, -0.2) is 18.1 Å². The second-order valence-electron chi connectivity index (χ2n) is 6.20. The molecule has 116 valence electrons. The molecule has 1 fully saturated rings. The predicted molar refractivity (Wildman–Crippen MR) is 87.4 cm³/mol. The number of amides is 2. The number of benzene rings is 1. The van der Waals surface area contributed by atoms with Gasteiger partial charge in [0, 0.05) is 12.2 Å². The normalized spacial score (nSPS) is 18.4. The van der Waals surface area contributed by atoms with Gasteiger partial charge in [-0.05, 0) is 31.9 Å². The van der Waals surface area contributed by atoms with Crippen molar-refractivity contribution in [1.82, 2.24) is 5.32 Å². The van der Waals surface area contributed by atoms with E-state index in [-0.39, 0.29) is 11.6 Å². The van der Waals surface area contributed by atoms with Crippen LogP contribution in [0, 0.1) is 6.92 Å². The van der Waals surface area contributed by atoms with Gasteiger partial charge in [-0.2, -0.15) is 0 Å². The fourth-order valence-electron chi connectivity index (χ4n) is 3.00. The molecule has 0 bridgehead atoms. The van der Waals surface area contributed by atoms with E-state index in [1.165, 1.54) is 24.8 Å². The van der Waals surface area contributed by atoms with Crippen LogP contribution < -0.4 is 16.4 Å². The van der Waals surface area contributed by atoms with Gasteiger partial charge in [-0.25, -0.2) is 4.79 Å². The van der Waals surface area contributed by atoms with Crippen LogP contribution >= 0.6 is 0 Å². The average Bonchev–Trinajstić information content (AvgIpc) is 2.45. The van der Waals surface area contributed by atoms with E-state index in [4.69, 9.17) is 5.73 Å². The number of carbonyl (C=O) groups excluding carboxylic acids is 1. The lowest BCUT2D eigenvalue weighted by Gasteiger charge is -2.35. The quantitative estimate of drug-likeness (QED) is 0.796. The van der Waals surface area contributed by atoms with Crippen molar-refractivity contribution >= 4 is 11.7 Å². The number of carbonyl (C=O) groups is 1. The molecule has 0 aliphatic heterocycles. The Balaban J connectivity index is 1.96. The highest BCUT2D eigenvalue weighted by atomic mass is 16.2. The summed E-state index contributed by atoms with van der Waals surface area (Å²) in [7, 11) is 0. The van der Waals surface area contributed by atoms with Gasteiger partial charge in [-0.3, -0.25) is 0 Å². The van der Waals surface area contributed by atoms with E-state index in [9.17, 15) is 4.79 Å². The number of anilines is 1. The van der Waals surface area contributed by atoms with Crippen LogP contribution in [0.2, 0.25) is 0 Å². The highest BCUT2D eigenvalue weighted by molar-refractivity contribution is 5.89. The number of nitrogens with one attached hydrogen (secondary N) is 2. The van der Waals surface area contributed by atoms with Gasteiger partial charge in [0.05, 0.1) is 5.54 Å². The molecular weight excluding hydrogens is 262 g/mol. The molecule has 1 saturated carbocycles. The first kappa shape index (κ1) is 15.8. The number of hydrogen-bond donors (Lipinski definition) is 3. The minimum absolute atomic E-state index is 0.148. The summed E-state index contributed by atoms with van der Waals surface area (Å²) < 4.78 is 0. The maximum Gasteiger partial charge on any atom is 0.319 e. The summed E-state index contributed by atoms with van der Waals surface area (Å²) in [5, 5.41) is 6.04. The van der Waals surface area contributed by atoms with E-state index in [0.717, 1.165) is 31.4 Å². The Hall–Kier alpha value is -1.55. The van der Waals surface area contributed by atoms with Crippen LogP contribution in [0.3, 0.4) is 0 Å². The van der Waals surface area contributed by atoms with Crippen molar-refractivity contribution in [1.29, 1.82) is 0 Å². The van der Waals surface area contributed by atoms with Gasteiger partial charge >= 0.3 is 6.03 Å². The minimum atomic E-state index is -0.241. The van der Waals surface area contributed by atoms with Gasteiger partial charge in [0.2, 0.25) is 0 Å². The summed E-state index contributed by atoms with van der Waals surface area (Å²) in [6.45, 7) is 2.54. The van der Waals surface area contributed by atoms with Crippen LogP contribution in [0.4, 0.5) is 10.5 Å². The average molecular weight is 289 g/mol. The van der Waals surface area contributed by atoms with Gasteiger partial charge in [-0.15, -0.1) is 0 Å². The van der Waals surface area contributed by atoms with Crippen molar-refractivity contribution in [2.24, 2.45) is 5.73 Å². The third-order valence-electron chi connectivity index (χ3n) is 4.39. The van der Waals surface area contributed by atoms with Crippen LogP contribution in [0.5, 0.6) is 0 Å². The Bertz CT molecular complexity index is 448. The first-order valence-corrected chi connectivity index (χ1v) is 7.99. The van der Waals surface area contributed by atoms with Gasteiger partial charge in [0.25, 0.3) is 0 Å². The van der Waals surface area contributed by atoms with Crippen LogP contribution in [0.25, 0.3) is 0 Å². The topological polar surface area (TPSA) is 67.2 Å². The number of nitrogens with two attached hydrogens (primary N) is 1. The fraction of sp³-hybridized carbons (Fsp3) is 0.588. The highest BCUT2D eigenvalue weighted by Crippen LogP contribution is 2.25. The SMILES string of the molecule is Cc1ccc(NC(=O)NC2(CN)CCCCCCC2)cc1. The number of rotatable bonds is 3. The molecule has 0 heterocycles. The molecule has 4 N–H and O–H groups in total. The lowest BCUT2D eigenvalue weighted by molar-refractivity contribution is 0.222. The third kappa shape index (κ3) is 4.74. The minimum Gasteiger partial charge on any atom is -0.331 e. The molecule has 0 saturated heterocycles. The molecule has 1 aliphatic rings. The smallest absolute Gasteiger partial charge is 0.319 e. The number of aryl methyl sites for hydroxylation is 1. The Morgan fingerprint density at radius 3 is 2.24 bits per heavy atom. The van der Waals surface area contributed by atoms with Gasteiger partial charge in [-0.1, -0.05) is 49.8 Å². The molecule has 1 aromatic carbocycles. The largest absolute Gasteiger partial charge is 0.331 e. The second-order valence-corrected chi connectivity index (χ2v) is 6.20. The summed E-state index contributed by atoms with van der Waals surface area (Å²) in [5.41, 5.74) is 7.73. The lowest BCUT2D eigenvalue weighted by atomic mass is 9.84. The van der Waals surface area contributed by atoms with Crippen molar-refractivity contribution in [3.63, 3.8) is 0 Å². The molecule has 1 aliphatic carbocycles. The van der Waals surface area contributed by atoms with Crippen LogP contribution in [0.15, 0.2) is 24.3 Å². The van der Waals surface area contributed by atoms with Crippen molar-refractivity contribution < 1.29 is 4.79 Å². The highest BCUT2D eigenvalue weighted by Gasteiger charge is 2.30. The third-order valence-corrected chi connectivity index (χ3v) is 4.39. The fourth-order valence-corrected chi connectivity index (χ4v) is 3.00. The Morgan fingerprint density at radius 1 is 1.10 bits per heavy atom. The molecular formula is C17H27N3O. The Morgan fingerprint density at radius 2 is 1.67 bits per heavy atom. The maximum absolute atomic E-state index is 12.3. The standard InChI is InChI=1S/C17H27N3O/c1-14-7-9-15(10-8-14)19-16(21)20-17(13-18)11-5-3-2-4-6-12-17/h7-10H,2-6,11-13,18H2,1H3,(H2,19,20,21). The Labute approximate surface area is 127 Å². The zero-order valence-corrected chi connectivity index (χ0v) is 13.0. The molecule has 0 unspecified atom stereocenters. The second kappa shape index (κ2) is 7.46. The van der Waals surface area contributed by atoms with Crippen molar-refractivity contribution in [2.45, 2.75) is 57.4 Å². The summed E-state index contributed by atoms with van der Waals surface area (Å²) in [6.07, 6.45) is 8.02. The van der Waals surface area contributed by atoms with E-state index < -0.39 is 0 Å². The van der Waals surface area contributed by atoms with E-state index >= 15 is 0 Å². The summed E-state index contributed by atoms with van der Waals surface area (Å²) in [4.78, 5) is 12.3. The molecule has 1 aromatic rings. The summed E-state index contributed by atoms with van der Waals surface area (Å²) >= 11 is 0. The predicted octanol–water partition coefficient (Wildman–Crippen LogP) is 3.56. The van der Waals surface area contributed by atoms with Crippen molar-refractivity contribution in [3.05, 3.63) is 29.8 Å². The van der Waals surface area contributed by atoms with Gasteiger partial charge < -0.3 is 16.4 Å². The first-order chi connectivity index (χ1) is 10.1. The molecule has 21 heavy (non-hydrogen) atoms. The van der Waals surface area contributed by atoms with E-state index in [1.807, 2.05) is 31.2 Å². The molecule has 4 heteroatoms. The molecule has 2 rings (SSSR count). The molecule has 0 radical (unpaired) electrons. The molecule has 0 aromatic heterocycles. The van der Waals surface area contributed by atoms with Crippen LogP contribution in [-0.2, 0) is 0 Å². The van der Waals surface area contributed by atoms with Crippen molar-refractivity contribution in [3.8, 4) is 0 Å². The lowest BCUT2D eigenvalue weighted by Crippen LogP contribution is -2.55. The van der Waals surface area contributed by atoms with E-state index in [1.54, 1.807) is 0 Å². The zero-order chi connectivity index (χ0) is 15.1. The maximum atomic E-state index is 12.3. The van der Waals surface area contributed by atoms with Crippen molar-refractivity contribution in [2.75, 3.05) is 11.9 Å². The summed E-state index contributed by atoms with van der Waals surface area (Å²) in [5.74, 6) is 0. The molecule has 0 spiro atoms. The van der Waals surface area contributed by atoms with Gasteiger partial charge in [0.15, 0.2) is 0 Å². The van der Waals surface area contributed by atoms with Gasteiger partial charge in [0.1, 0.15) is 0 Å². The van der Waals surface area contributed by atoms with E-state index in [0.29, 0.717) is 6.54 Å². The molecule has 4 nitrogen and oxygen atoms in total. The molecule has 0 atom stereocenters. The van der Waals surface area contributed by atoms with E-state index in [2.05, 4.69) is 10.6 Å². The zero-order valence-electron chi connectivity index (χ0n) is 13.0.